The lowest BCUT2D eigenvalue weighted by atomic mass is 10.0. The molecule has 0 aliphatic carbocycles. The molecule has 0 bridgehead atoms. The number of hydrogen-bond donors (Lipinski definition) is 0. The van der Waals surface area contributed by atoms with Gasteiger partial charge in [-0.25, -0.2) is 8.78 Å². The molecule has 0 aliphatic rings. The van der Waals surface area contributed by atoms with Gasteiger partial charge in [-0.15, -0.1) is 3.89 Å². The molecule has 0 aromatic heterocycles. The lowest BCUT2D eigenvalue weighted by Crippen LogP contribution is -2.18. The first kappa shape index (κ1) is 12.0. The number of halogens is 3. The Bertz CT molecular complexity index is 403. The summed E-state index contributed by atoms with van der Waals surface area (Å²) in [4.78, 5) is 0. The van der Waals surface area contributed by atoms with Gasteiger partial charge < -0.3 is 0 Å². The fourth-order valence-electron chi connectivity index (χ4n) is 1.23. The molecule has 0 N–H and O–H groups in total. The summed E-state index contributed by atoms with van der Waals surface area (Å²) < 4.78 is 57.9. The molecule has 0 spiro atoms. The molecule has 1 rings (SSSR count). The minimum atomic E-state index is -4.90. The van der Waals surface area contributed by atoms with Gasteiger partial charge in [-0.05, 0) is 5.56 Å². The third kappa shape index (κ3) is 3.91. The van der Waals surface area contributed by atoms with E-state index in [2.05, 4.69) is 0 Å². The van der Waals surface area contributed by atoms with Crippen molar-refractivity contribution in [2.45, 2.75) is 12.3 Å². The Morgan fingerprint density at radius 3 is 2.07 bits per heavy atom. The number of hydrogen-bond acceptors (Lipinski definition) is 2. The van der Waals surface area contributed by atoms with Crippen molar-refractivity contribution in [3.8, 4) is 0 Å². The second-order valence-electron chi connectivity index (χ2n) is 3.06. The maximum Gasteiger partial charge on any atom is 0.303 e. The van der Waals surface area contributed by atoms with E-state index in [1.165, 1.54) is 24.3 Å². The topological polar surface area (TPSA) is 34.1 Å². The van der Waals surface area contributed by atoms with Crippen molar-refractivity contribution >= 4 is 10.2 Å². The van der Waals surface area contributed by atoms with Crippen LogP contribution in [-0.2, 0) is 10.2 Å². The van der Waals surface area contributed by atoms with Crippen LogP contribution in [0.1, 0.15) is 11.5 Å². The minimum absolute atomic E-state index is 0.119. The van der Waals surface area contributed by atoms with Crippen LogP contribution in [0.3, 0.4) is 0 Å². The number of alkyl halides is 2. The van der Waals surface area contributed by atoms with Crippen LogP contribution in [0.4, 0.5) is 12.7 Å². The van der Waals surface area contributed by atoms with Gasteiger partial charge >= 0.3 is 10.2 Å². The van der Waals surface area contributed by atoms with Crippen molar-refractivity contribution in [1.29, 1.82) is 0 Å². The van der Waals surface area contributed by atoms with E-state index in [1.54, 1.807) is 6.07 Å². The molecule has 0 heterocycles. The number of rotatable bonds is 4. The fourth-order valence-corrected chi connectivity index (χ4v) is 2.00. The average Bonchev–Trinajstić information content (AvgIpc) is 2.14. The molecule has 1 aromatic rings. The summed E-state index contributed by atoms with van der Waals surface area (Å²) in [6.07, 6.45) is -2.90. The Kier molecular flexibility index (Phi) is 3.73. The first-order chi connectivity index (χ1) is 6.90. The van der Waals surface area contributed by atoms with E-state index in [0.717, 1.165) is 0 Å². The molecule has 0 fully saturated rings. The third-order valence-electron chi connectivity index (χ3n) is 1.91. The van der Waals surface area contributed by atoms with Crippen LogP contribution in [-0.4, -0.2) is 20.6 Å². The van der Waals surface area contributed by atoms with Crippen LogP contribution in [0.25, 0.3) is 0 Å². The highest BCUT2D eigenvalue weighted by Crippen LogP contribution is 2.25. The average molecular weight is 238 g/mol. The molecule has 0 saturated heterocycles. The van der Waals surface area contributed by atoms with E-state index in [-0.39, 0.29) is 5.56 Å². The maximum absolute atomic E-state index is 12.5. The Balaban J connectivity index is 2.95. The van der Waals surface area contributed by atoms with E-state index in [1.807, 2.05) is 0 Å². The predicted molar refractivity (Wildman–Crippen MR) is 50.1 cm³/mol. The Morgan fingerprint density at radius 1 is 1.13 bits per heavy atom. The van der Waals surface area contributed by atoms with Gasteiger partial charge in [-0.3, -0.25) is 0 Å². The zero-order valence-electron chi connectivity index (χ0n) is 7.61. The molecule has 0 saturated carbocycles. The van der Waals surface area contributed by atoms with Gasteiger partial charge in [-0.1, -0.05) is 30.3 Å². The van der Waals surface area contributed by atoms with Gasteiger partial charge in [0.1, 0.15) is 0 Å². The minimum Gasteiger partial charge on any atom is -0.210 e. The summed E-state index contributed by atoms with van der Waals surface area (Å²) >= 11 is 0. The zero-order chi connectivity index (χ0) is 11.5. The molecule has 0 radical (unpaired) electrons. The second-order valence-corrected chi connectivity index (χ2v) is 4.47. The highest BCUT2D eigenvalue weighted by Gasteiger charge is 2.28. The van der Waals surface area contributed by atoms with Gasteiger partial charge in [0.2, 0.25) is 6.43 Å². The van der Waals surface area contributed by atoms with Crippen LogP contribution in [0, 0.1) is 0 Å². The van der Waals surface area contributed by atoms with Gasteiger partial charge in [-0.2, -0.15) is 8.42 Å². The Hall–Kier alpha value is -1.04. The molecule has 1 unspecified atom stereocenters. The molecule has 1 aromatic carbocycles. The summed E-state index contributed by atoms with van der Waals surface area (Å²) in [5, 5.41) is 0. The first-order valence-corrected chi connectivity index (χ1v) is 5.71. The molecule has 84 valence electrons. The van der Waals surface area contributed by atoms with Crippen molar-refractivity contribution in [2.24, 2.45) is 0 Å². The first-order valence-electron chi connectivity index (χ1n) is 4.15. The third-order valence-corrected chi connectivity index (χ3v) is 2.67. The highest BCUT2D eigenvalue weighted by molar-refractivity contribution is 7.86. The lowest BCUT2D eigenvalue weighted by molar-refractivity contribution is 0.121. The lowest BCUT2D eigenvalue weighted by Gasteiger charge is -2.13. The molecule has 0 aliphatic heterocycles. The largest absolute Gasteiger partial charge is 0.303 e. The van der Waals surface area contributed by atoms with Gasteiger partial charge in [0.15, 0.2) is 0 Å². The van der Waals surface area contributed by atoms with Gasteiger partial charge in [0, 0.05) is 0 Å². The van der Waals surface area contributed by atoms with Crippen LogP contribution >= 0.6 is 0 Å². The fraction of sp³-hybridized carbons (Fsp3) is 0.333. The Labute approximate surface area is 85.9 Å². The standard InChI is InChI=1S/C9H9F3O2S/c10-9(11)8(6-15(12,13)14)7-4-2-1-3-5-7/h1-5,8-9H,6H2. The molecule has 15 heavy (non-hydrogen) atoms. The van der Waals surface area contributed by atoms with Crippen LogP contribution < -0.4 is 0 Å². The van der Waals surface area contributed by atoms with Gasteiger partial charge in [0.05, 0.1) is 11.7 Å². The van der Waals surface area contributed by atoms with Gasteiger partial charge in [0.25, 0.3) is 0 Å². The van der Waals surface area contributed by atoms with Crippen molar-refractivity contribution in [3.63, 3.8) is 0 Å². The van der Waals surface area contributed by atoms with E-state index in [4.69, 9.17) is 0 Å². The predicted octanol–water partition coefficient (Wildman–Crippen LogP) is 2.33. The summed E-state index contributed by atoms with van der Waals surface area (Å²) in [6, 6.07) is 7.30. The van der Waals surface area contributed by atoms with Crippen LogP contribution in [0.5, 0.6) is 0 Å². The van der Waals surface area contributed by atoms with Crippen LogP contribution in [0.15, 0.2) is 30.3 Å². The molecular weight excluding hydrogens is 229 g/mol. The molecule has 6 heteroatoms. The normalized spacial score (nSPS) is 14.1. The van der Waals surface area contributed by atoms with E-state index in [0.29, 0.717) is 0 Å². The highest BCUT2D eigenvalue weighted by atomic mass is 32.3. The monoisotopic (exact) mass is 238 g/mol. The van der Waals surface area contributed by atoms with Crippen molar-refractivity contribution < 1.29 is 21.1 Å². The summed E-state index contributed by atoms with van der Waals surface area (Å²) in [5.74, 6) is -2.80. The van der Waals surface area contributed by atoms with E-state index in [9.17, 15) is 21.1 Å². The summed E-state index contributed by atoms with van der Waals surface area (Å²) in [6.45, 7) is 0. The maximum atomic E-state index is 12.5. The molecule has 0 amide bonds. The summed E-state index contributed by atoms with van der Waals surface area (Å²) in [7, 11) is -4.90. The Morgan fingerprint density at radius 2 is 1.67 bits per heavy atom. The molecular formula is C9H9F3O2S. The smallest absolute Gasteiger partial charge is 0.210 e. The SMILES string of the molecule is O=S(=O)(F)CC(c1ccccc1)C(F)F. The van der Waals surface area contributed by atoms with Crippen molar-refractivity contribution in [3.05, 3.63) is 35.9 Å². The van der Waals surface area contributed by atoms with Crippen LogP contribution in [0.2, 0.25) is 0 Å². The van der Waals surface area contributed by atoms with Crippen molar-refractivity contribution in [1.82, 2.24) is 0 Å². The summed E-state index contributed by atoms with van der Waals surface area (Å²) in [5.41, 5.74) is 0.119. The quantitative estimate of drug-likeness (QED) is 0.754. The molecule has 2 nitrogen and oxygen atoms in total. The zero-order valence-corrected chi connectivity index (χ0v) is 8.42. The van der Waals surface area contributed by atoms with E-state index >= 15 is 0 Å². The number of benzene rings is 1. The molecule has 1 atom stereocenters. The van der Waals surface area contributed by atoms with Crippen molar-refractivity contribution in [2.75, 3.05) is 5.75 Å². The van der Waals surface area contributed by atoms with E-state index < -0.39 is 28.3 Å². The second kappa shape index (κ2) is 4.65.